The molecule has 0 saturated carbocycles. The van der Waals surface area contributed by atoms with Crippen LogP contribution in [0.25, 0.3) is 5.65 Å². The van der Waals surface area contributed by atoms with Gasteiger partial charge in [0.15, 0.2) is 0 Å². The van der Waals surface area contributed by atoms with Gasteiger partial charge >= 0.3 is 0 Å². The van der Waals surface area contributed by atoms with E-state index in [0.717, 1.165) is 5.65 Å². The van der Waals surface area contributed by atoms with E-state index in [1.807, 2.05) is 0 Å². The number of rotatable bonds is 1. The zero-order chi connectivity index (χ0) is 11.1. The molecule has 1 atom stereocenters. The fourth-order valence-electron chi connectivity index (χ4n) is 2.61. The second-order valence-corrected chi connectivity index (χ2v) is 4.70. The molecule has 0 spiro atoms. The molecule has 1 fully saturated rings. The third kappa shape index (κ3) is 1.43. The van der Waals surface area contributed by atoms with Gasteiger partial charge in [0.05, 0.1) is 11.7 Å². The lowest BCUT2D eigenvalue weighted by Gasteiger charge is -2.16. The van der Waals surface area contributed by atoms with Gasteiger partial charge in [0.25, 0.3) is 0 Å². The number of hydrogen-bond donors (Lipinski definition) is 0. The van der Waals surface area contributed by atoms with E-state index in [9.17, 15) is 0 Å². The quantitative estimate of drug-likeness (QED) is 0.728. The maximum absolute atomic E-state index is 4.73. The average molecular weight is 215 g/mol. The van der Waals surface area contributed by atoms with Gasteiger partial charge in [0.1, 0.15) is 5.65 Å². The summed E-state index contributed by atoms with van der Waals surface area (Å²) in [5.74, 6) is 0. The van der Waals surface area contributed by atoms with E-state index in [0.29, 0.717) is 6.04 Å². The first-order chi connectivity index (χ1) is 7.75. The fourth-order valence-corrected chi connectivity index (χ4v) is 2.61. The van der Waals surface area contributed by atoms with E-state index in [1.165, 1.54) is 30.8 Å². The molecule has 3 heteroatoms. The van der Waals surface area contributed by atoms with Gasteiger partial charge in [-0.05, 0) is 45.5 Å². The van der Waals surface area contributed by atoms with Crippen molar-refractivity contribution in [3.05, 3.63) is 35.8 Å². The van der Waals surface area contributed by atoms with E-state index >= 15 is 0 Å². The van der Waals surface area contributed by atoms with Crippen molar-refractivity contribution < 1.29 is 0 Å². The Balaban J connectivity index is 2.08. The Bertz CT molecular complexity index is 515. The van der Waals surface area contributed by atoms with Crippen LogP contribution in [0, 0.1) is 6.92 Å². The normalized spacial score (nSPS) is 22.0. The molecule has 0 bridgehead atoms. The van der Waals surface area contributed by atoms with Crippen molar-refractivity contribution in [1.82, 2.24) is 14.3 Å². The molecule has 0 aromatic carbocycles. The lowest BCUT2D eigenvalue weighted by Crippen LogP contribution is -2.17. The van der Waals surface area contributed by atoms with Crippen molar-refractivity contribution in [2.45, 2.75) is 25.8 Å². The number of nitrogens with zero attached hydrogens (tertiary/aromatic N) is 3. The smallest absolute Gasteiger partial charge is 0.137 e. The maximum Gasteiger partial charge on any atom is 0.137 e. The third-order valence-electron chi connectivity index (χ3n) is 3.58. The number of hydrogen-bond acceptors (Lipinski definition) is 2. The van der Waals surface area contributed by atoms with Gasteiger partial charge in [-0.25, -0.2) is 4.98 Å². The molecular weight excluding hydrogens is 198 g/mol. The molecule has 1 unspecified atom stereocenters. The fraction of sp³-hybridized carbons (Fsp3) is 0.462. The van der Waals surface area contributed by atoms with Crippen LogP contribution in [0.2, 0.25) is 0 Å². The molecule has 1 aliphatic rings. The Morgan fingerprint density at radius 3 is 2.94 bits per heavy atom. The zero-order valence-electron chi connectivity index (χ0n) is 9.85. The van der Waals surface area contributed by atoms with Crippen LogP contribution in [0.3, 0.4) is 0 Å². The SMILES string of the molecule is Cc1cccc2nc(C3CCCN3C)cn12. The van der Waals surface area contributed by atoms with Crippen molar-refractivity contribution in [2.75, 3.05) is 13.6 Å². The van der Waals surface area contributed by atoms with Gasteiger partial charge in [-0.1, -0.05) is 6.07 Å². The minimum absolute atomic E-state index is 0.513. The van der Waals surface area contributed by atoms with Crippen LogP contribution in [0.1, 0.15) is 30.3 Å². The Morgan fingerprint density at radius 2 is 2.25 bits per heavy atom. The monoisotopic (exact) mass is 215 g/mol. The highest BCUT2D eigenvalue weighted by Crippen LogP contribution is 2.29. The predicted molar refractivity (Wildman–Crippen MR) is 64.5 cm³/mol. The maximum atomic E-state index is 4.73. The minimum atomic E-state index is 0.513. The van der Waals surface area contributed by atoms with Gasteiger partial charge in [0, 0.05) is 11.9 Å². The summed E-state index contributed by atoms with van der Waals surface area (Å²) in [7, 11) is 2.19. The third-order valence-corrected chi connectivity index (χ3v) is 3.58. The molecule has 3 heterocycles. The number of imidazole rings is 1. The molecule has 0 N–H and O–H groups in total. The second-order valence-electron chi connectivity index (χ2n) is 4.70. The van der Waals surface area contributed by atoms with Crippen molar-refractivity contribution in [3.63, 3.8) is 0 Å². The molecule has 0 aliphatic carbocycles. The average Bonchev–Trinajstić information content (AvgIpc) is 2.84. The van der Waals surface area contributed by atoms with Crippen LogP contribution in [0.4, 0.5) is 0 Å². The number of aromatic nitrogens is 2. The van der Waals surface area contributed by atoms with Crippen LogP contribution in [-0.2, 0) is 0 Å². The summed E-state index contributed by atoms with van der Waals surface area (Å²) in [6, 6.07) is 6.78. The summed E-state index contributed by atoms with van der Waals surface area (Å²) in [6.07, 6.45) is 4.71. The summed E-state index contributed by atoms with van der Waals surface area (Å²) in [5, 5.41) is 0. The topological polar surface area (TPSA) is 20.5 Å². The molecule has 0 radical (unpaired) electrons. The van der Waals surface area contributed by atoms with Gasteiger partial charge in [-0.3, -0.25) is 4.90 Å². The first-order valence-electron chi connectivity index (χ1n) is 5.90. The van der Waals surface area contributed by atoms with E-state index < -0.39 is 0 Å². The van der Waals surface area contributed by atoms with Crippen molar-refractivity contribution in [3.8, 4) is 0 Å². The molecule has 1 aliphatic heterocycles. The van der Waals surface area contributed by atoms with E-state index in [2.05, 4.69) is 47.7 Å². The highest BCUT2D eigenvalue weighted by atomic mass is 15.2. The number of aryl methyl sites for hydroxylation is 1. The molecule has 2 aromatic heterocycles. The number of likely N-dealkylation sites (tertiary alicyclic amines) is 1. The van der Waals surface area contributed by atoms with Gasteiger partial charge in [0.2, 0.25) is 0 Å². The summed E-state index contributed by atoms with van der Waals surface area (Å²) < 4.78 is 2.18. The van der Waals surface area contributed by atoms with E-state index in [1.54, 1.807) is 0 Å². The molecule has 0 amide bonds. The highest BCUT2D eigenvalue weighted by molar-refractivity contribution is 5.42. The Labute approximate surface area is 95.7 Å². The summed E-state index contributed by atoms with van der Waals surface area (Å²) in [6.45, 7) is 3.31. The van der Waals surface area contributed by atoms with Crippen LogP contribution in [0.15, 0.2) is 24.4 Å². The molecule has 16 heavy (non-hydrogen) atoms. The lowest BCUT2D eigenvalue weighted by atomic mass is 10.2. The molecular formula is C13H17N3. The van der Waals surface area contributed by atoms with Crippen LogP contribution in [-0.4, -0.2) is 27.9 Å². The number of fused-ring (bicyclic) bond motifs is 1. The summed E-state index contributed by atoms with van der Waals surface area (Å²) in [4.78, 5) is 7.13. The zero-order valence-corrected chi connectivity index (χ0v) is 9.85. The van der Waals surface area contributed by atoms with Crippen LogP contribution < -0.4 is 0 Å². The Kier molecular flexibility index (Phi) is 2.21. The van der Waals surface area contributed by atoms with E-state index in [-0.39, 0.29) is 0 Å². The largest absolute Gasteiger partial charge is 0.304 e. The van der Waals surface area contributed by atoms with Gasteiger partial charge in [-0.15, -0.1) is 0 Å². The second kappa shape index (κ2) is 3.59. The highest BCUT2D eigenvalue weighted by Gasteiger charge is 2.24. The molecule has 3 nitrogen and oxygen atoms in total. The first-order valence-corrected chi connectivity index (χ1v) is 5.90. The van der Waals surface area contributed by atoms with Gasteiger partial charge in [-0.2, -0.15) is 0 Å². The van der Waals surface area contributed by atoms with Crippen molar-refractivity contribution in [1.29, 1.82) is 0 Å². The van der Waals surface area contributed by atoms with Crippen LogP contribution in [0.5, 0.6) is 0 Å². The molecule has 1 saturated heterocycles. The standard InChI is InChI=1S/C13H17N3/c1-10-5-3-7-13-14-11(9-16(10)13)12-6-4-8-15(12)2/h3,5,7,9,12H,4,6,8H2,1-2H3. The Hall–Kier alpha value is -1.35. The van der Waals surface area contributed by atoms with E-state index in [4.69, 9.17) is 4.98 Å². The molecule has 2 aromatic rings. The summed E-state index contributed by atoms with van der Waals surface area (Å²) >= 11 is 0. The predicted octanol–water partition coefficient (Wildman–Crippen LogP) is 2.41. The first kappa shape index (κ1) is 9.85. The lowest BCUT2D eigenvalue weighted by molar-refractivity contribution is 0.313. The molecule has 84 valence electrons. The number of pyridine rings is 1. The van der Waals surface area contributed by atoms with Crippen molar-refractivity contribution in [2.24, 2.45) is 0 Å². The van der Waals surface area contributed by atoms with Crippen LogP contribution >= 0.6 is 0 Å². The van der Waals surface area contributed by atoms with Gasteiger partial charge < -0.3 is 4.40 Å². The minimum Gasteiger partial charge on any atom is -0.304 e. The molecule has 3 rings (SSSR count). The summed E-state index contributed by atoms with van der Waals surface area (Å²) in [5.41, 5.74) is 3.53. The Morgan fingerprint density at radius 1 is 1.38 bits per heavy atom. The van der Waals surface area contributed by atoms with Crippen molar-refractivity contribution >= 4 is 5.65 Å².